The normalized spacial score (nSPS) is 12.5. The highest BCUT2D eigenvalue weighted by atomic mass is 16.5. The van der Waals surface area contributed by atoms with E-state index in [1.807, 2.05) is 31.2 Å². The molecule has 0 spiro atoms. The number of nitrogens with one attached hydrogen (secondary N) is 1. The fraction of sp³-hybridized carbons (Fsp3) is 0.500. The van der Waals surface area contributed by atoms with Crippen molar-refractivity contribution in [1.82, 2.24) is 5.32 Å². The molecule has 0 bridgehead atoms. The number of aliphatic hydroxyl groups is 1. The highest BCUT2D eigenvalue weighted by Crippen LogP contribution is 2.13. The smallest absolute Gasteiger partial charge is 0.119 e. The average molecular weight is 209 g/mol. The first-order valence-corrected chi connectivity index (χ1v) is 5.28. The zero-order valence-electron chi connectivity index (χ0n) is 9.36. The van der Waals surface area contributed by atoms with Crippen LogP contribution in [0.3, 0.4) is 0 Å². The zero-order valence-corrected chi connectivity index (χ0v) is 9.36. The van der Waals surface area contributed by atoms with Crippen LogP contribution in [-0.4, -0.2) is 31.4 Å². The number of ether oxygens (including phenoxy) is 1. The van der Waals surface area contributed by atoms with E-state index < -0.39 is 0 Å². The summed E-state index contributed by atoms with van der Waals surface area (Å²) in [5.41, 5.74) is 1.10. The van der Waals surface area contributed by atoms with E-state index in [0.717, 1.165) is 17.9 Å². The molecule has 1 rings (SSSR count). The molecule has 0 aromatic heterocycles. The van der Waals surface area contributed by atoms with Gasteiger partial charge in [-0.1, -0.05) is 19.1 Å². The van der Waals surface area contributed by atoms with E-state index in [0.29, 0.717) is 13.0 Å². The van der Waals surface area contributed by atoms with E-state index in [1.54, 1.807) is 7.11 Å². The van der Waals surface area contributed by atoms with E-state index >= 15 is 0 Å². The van der Waals surface area contributed by atoms with Gasteiger partial charge in [-0.25, -0.2) is 0 Å². The van der Waals surface area contributed by atoms with Crippen molar-refractivity contribution in [2.24, 2.45) is 0 Å². The van der Waals surface area contributed by atoms with E-state index in [2.05, 4.69) is 5.32 Å². The summed E-state index contributed by atoms with van der Waals surface area (Å²) < 4.78 is 5.12. The van der Waals surface area contributed by atoms with Gasteiger partial charge in [-0.2, -0.15) is 0 Å². The van der Waals surface area contributed by atoms with Crippen LogP contribution in [0.5, 0.6) is 5.75 Å². The lowest BCUT2D eigenvalue weighted by Gasteiger charge is -2.11. The molecule has 0 aliphatic carbocycles. The van der Waals surface area contributed by atoms with Gasteiger partial charge in [-0.3, -0.25) is 0 Å². The van der Waals surface area contributed by atoms with Crippen LogP contribution in [0, 0.1) is 0 Å². The molecule has 0 saturated carbocycles. The molecule has 0 heterocycles. The van der Waals surface area contributed by atoms with Gasteiger partial charge in [0, 0.05) is 6.54 Å². The van der Waals surface area contributed by atoms with Gasteiger partial charge in [0.25, 0.3) is 0 Å². The van der Waals surface area contributed by atoms with Crippen LogP contribution in [0.25, 0.3) is 0 Å². The average Bonchev–Trinajstić information content (AvgIpc) is 2.26. The maximum Gasteiger partial charge on any atom is 0.119 e. The van der Waals surface area contributed by atoms with E-state index in [1.165, 1.54) is 0 Å². The summed E-state index contributed by atoms with van der Waals surface area (Å²) in [6.45, 7) is 3.54. The lowest BCUT2D eigenvalue weighted by molar-refractivity contribution is 0.172. The third-order valence-corrected chi connectivity index (χ3v) is 2.24. The fourth-order valence-electron chi connectivity index (χ4n) is 1.45. The maximum atomic E-state index is 9.69. The quantitative estimate of drug-likeness (QED) is 0.740. The predicted octanol–water partition coefficient (Wildman–Crippen LogP) is 1.21. The second-order valence-electron chi connectivity index (χ2n) is 3.52. The standard InChI is InChI=1S/C12H19NO2/c1-3-13-9-11(14)7-10-5-4-6-12(8-10)15-2/h4-6,8,11,13-14H,3,7,9H2,1-2H3. The van der Waals surface area contributed by atoms with Crippen LogP contribution in [0.2, 0.25) is 0 Å². The summed E-state index contributed by atoms with van der Waals surface area (Å²) in [5, 5.41) is 12.8. The molecule has 15 heavy (non-hydrogen) atoms. The van der Waals surface area contributed by atoms with Crippen molar-refractivity contribution >= 4 is 0 Å². The first-order valence-electron chi connectivity index (χ1n) is 5.28. The summed E-state index contributed by atoms with van der Waals surface area (Å²) in [6, 6.07) is 7.79. The molecule has 0 saturated heterocycles. The predicted molar refractivity (Wildman–Crippen MR) is 61.2 cm³/mol. The van der Waals surface area contributed by atoms with E-state index in [4.69, 9.17) is 4.74 Å². The summed E-state index contributed by atoms with van der Waals surface area (Å²) in [4.78, 5) is 0. The van der Waals surface area contributed by atoms with Gasteiger partial charge in [0.05, 0.1) is 13.2 Å². The summed E-state index contributed by atoms with van der Waals surface area (Å²) >= 11 is 0. The SMILES string of the molecule is CCNCC(O)Cc1cccc(OC)c1. The molecule has 2 N–H and O–H groups in total. The minimum absolute atomic E-state index is 0.336. The van der Waals surface area contributed by atoms with Gasteiger partial charge in [0.15, 0.2) is 0 Å². The number of likely N-dealkylation sites (N-methyl/N-ethyl adjacent to an activating group) is 1. The highest BCUT2D eigenvalue weighted by molar-refractivity contribution is 5.28. The molecule has 84 valence electrons. The van der Waals surface area contributed by atoms with E-state index in [9.17, 15) is 5.11 Å². The maximum absolute atomic E-state index is 9.69. The number of hydrogen-bond acceptors (Lipinski definition) is 3. The minimum Gasteiger partial charge on any atom is -0.497 e. The van der Waals surface area contributed by atoms with Crippen LogP contribution in [-0.2, 0) is 6.42 Å². The van der Waals surface area contributed by atoms with E-state index in [-0.39, 0.29) is 6.10 Å². The Morgan fingerprint density at radius 3 is 2.93 bits per heavy atom. The molecule has 0 radical (unpaired) electrons. The molecule has 3 nitrogen and oxygen atoms in total. The zero-order chi connectivity index (χ0) is 11.1. The first-order chi connectivity index (χ1) is 7.26. The van der Waals surface area contributed by atoms with Gasteiger partial charge < -0.3 is 15.2 Å². The van der Waals surface area contributed by atoms with Crippen molar-refractivity contribution in [1.29, 1.82) is 0 Å². The van der Waals surface area contributed by atoms with Gasteiger partial charge in [0.1, 0.15) is 5.75 Å². The molecule has 1 aromatic carbocycles. The largest absolute Gasteiger partial charge is 0.497 e. The number of benzene rings is 1. The Morgan fingerprint density at radius 1 is 1.47 bits per heavy atom. The number of hydrogen-bond donors (Lipinski definition) is 2. The van der Waals surface area contributed by atoms with Crippen molar-refractivity contribution < 1.29 is 9.84 Å². The van der Waals surface area contributed by atoms with Crippen LogP contribution >= 0.6 is 0 Å². The highest BCUT2D eigenvalue weighted by Gasteiger charge is 2.05. The molecule has 3 heteroatoms. The van der Waals surface area contributed by atoms with Crippen molar-refractivity contribution in [2.45, 2.75) is 19.4 Å². The summed E-state index contributed by atoms with van der Waals surface area (Å²) in [5.74, 6) is 0.836. The summed E-state index contributed by atoms with van der Waals surface area (Å²) in [7, 11) is 1.65. The summed E-state index contributed by atoms with van der Waals surface area (Å²) in [6.07, 6.45) is 0.321. The van der Waals surface area contributed by atoms with Gasteiger partial charge >= 0.3 is 0 Å². The van der Waals surface area contributed by atoms with Gasteiger partial charge in [-0.15, -0.1) is 0 Å². The Labute approximate surface area is 91.1 Å². The van der Waals surface area contributed by atoms with Crippen LogP contribution < -0.4 is 10.1 Å². The Morgan fingerprint density at radius 2 is 2.27 bits per heavy atom. The third kappa shape index (κ3) is 4.32. The van der Waals surface area contributed by atoms with Crippen molar-refractivity contribution in [3.05, 3.63) is 29.8 Å². The molecule has 0 amide bonds. The molecule has 0 aliphatic rings. The monoisotopic (exact) mass is 209 g/mol. The van der Waals surface area contributed by atoms with Crippen molar-refractivity contribution in [2.75, 3.05) is 20.2 Å². The molecular weight excluding hydrogens is 190 g/mol. The second kappa shape index (κ2) is 6.43. The van der Waals surface area contributed by atoms with Gasteiger partial charge in [0.2, 0.25) is 0 Å². The fourth-order valence-corrected chi connectivity index (χ4v) is 1.45. The molecule has 0 aliphatic heterocycles. The molecule has 1 atom stereocenters. The Kier molecular flexibility index (Phi) is 5.15. The lowest BCUT2D eigenvalue weighted by atomic mass is 10.1. The molecule has 1 unspecified atom stereocenters. The lowest BCUT2D eigenvalue weighted by Crippen LogP contribution is -2.28. The molecular formula is C12H19NO2. The Balaban J connectivity index is 2.48. The Bertz CT molecular complexity index is 289. The molecule has 1 aromatic rings. The Hall–Kier alpha value is -1.06. The van der Waals surface area contributed by atoms with Gasteiger partial charge in [-0.05, 0) is 30.7 Å². The molecule has 0 fully saturated rings. The number of rotatable bonds is 6. The first kappa shape index (κ1) is 12.0. The van der Waals surface area contributed by atoms with Crippen molar-refractivity contribution in [3.63, 3.8) is 0 Å². The third-order valence-electron chi connectivity index (χ3n) is 2.24. The van der Waals surface area contributed by atoms with Crippen molar-refractivity contribution in [3.8, 4) is 5.75 Å². The second-order valence-corrected chi connectivity index (χ2v) is 3.52. The van der Waals surface area contributed by atoms with Crippen LogP contribution in [0.4, 0.5) is 0 Å². The van der Waals surface area contributed by atoms with Crippen LogP contribution in [0.15, 0.2) is 24.3 Å². The number of aliphatic hydroxyl groups excluding tert-OH is 1. The van der Waals surface area contributed by atoms with Crippen LogP contribution in [0.1, 0.15) is 12.5 Å². The number of methoxy groups -OCH3 is 1. The minimum atomic E-state index is -0.336. The topological polar surface area (TPSA) is 41.5 Å².